The van der Waals surface area contributed by atoms with Gasteiger partial charge in [-0.25, -0.2) is 9.07 Å². The fourth-order valence-electron chi connectivity index (χ4n) is 1.28. The molecule has 4 nitrogen and oxygen atoms in total. The summed E-state index contributed by atoms with van der Waals surface area (Å²) in [5, 5.41) is 3.96. The molecule has 2 rings (SSSR count). The third-order valence-corrected chi connectivity index (χ3v) is 2.01. The summed E-state index contributed by atoms with van der Waals surface area (Å²) in [4.78, 5) is 0. The van der Waals surface area contributed by atoms with Gasteiger partial charge >= 0.3 is 0 Å². The zero-order valence-corrected chi connectivity index (χ0v) is 8.14. The molecule has 0 fully saturated rings. The number of aromatic nitrogens is 2. The number of benzene rings is 1. The van der Waals surface area contributed by atoms with Crippen molar-refractivity contribution < 1.29 is 9.13 Å². The van der Waals surface area contributed by atoms with Gasteiger partial charge in [-0.3, -0.25) is 0 Å². The van der Waals surface area contributed by atoms with E-state index in [1.54, 1.807) is 24.4 Å². The van der Waals surface area contributed by atoms with Crippen LogP contribution in [0.25, 0.3) is 5.69 Å². The van der Waals surface area contributed by atoms with Crippen LogP contribution in [0.3, 0.4) is 0 Å². The molecule has 1 heterocycles. The highest BCUT2D eigenvalue weighted by Gasteiger charge is 2.05. The maximum atomic E-state index is 13.3. The lowest BCUT2D eigenvalue weighted by Gasteiger charge is -2.04. The van der Waals surface area contributed by atoms with Crippen LogP contribution in [0.15, 0.2) is 30.5 Å². The summed E-state index contributed by atoms with van der Waals surface area (Å²) in [6.07, 6.45) is 1.66. The number of halogens is 1. The van der Waals surface area contributed by atoms with Crippen LogP contribution in [0.4, 0.5) is 10.2 Å². The maximum absolute atomic E-state index is 13.3. The van der Waals surface area contributed by atoms with Crippen molar-refractivity contribution in [3.63, 3.8) is 0 Å². The van der Waals surface area contributed by atoms with Crippen molar-refractivity contribution in [2.75, 3.05) is 12.8 Å². The van der Waals surface area contributed by atoms with Gasteiger partial charge in [0.05, 0.1) is 12.8 Å². The third kappa shape index (κ3) is 1.76. The lowest BCUT2D eigenvalue weighted by Crippen LogP contribution is -1.98. The summed E-state index contributed by atoms with van der Waals surface area (Å²) < 4.78 is 19.7. The lowest BCUT2D eigenvalue weighted by molar-refractivity contribution is 0.386. The van der Waals surface area contributed by atoms with E-state index in [9.17, 15) is 4.39 Å². The summed E-state index contributed by atoms with van der Waals surface area (Å²) in [7, 11) is 1.42. The molecule has 0 spiro atoms. The Morgan fingerprint density at radius 2 is 2.20 bits per heavy atom. The van der Waals surface area contributed by atoms with E-state index < -0.39 is 5.82 Å². The number of hydrogen-bond donors (Lipinski definition) is 1. The zero-order chi connectivity index (χ0) is 10.8. The van der Waals surface area contributed by atoms with Gasteiger partial charge in [-0.05, 0) is 12.1 Å². The van der Waals surface area contributed by atoms with E-state index in [4.69, 9.17) is 10.5 Å². The second-order valence-corrected chi connectivity index (χ2v) is 3.00. The number of nitrogens with zero attached hydrogens (tertiary/aromatic N) is 2. The molecule has 1 aromatic heterocycles. The topological polar surface area (TPSA) is 53.1 Å². The summed E-state index contributed by atoms with van der Waals surface area (Å²) in [5.74, 6) is 0.175. The summed E-state index contributed by atoms with van der Waals surface area (Å²) >= 11 is 0. The first-order chi connectivity index (χ1) is 7.20. The molecule has 0 aliphatic carbocycles. The van der Waals surface area contributed by atoms with Crippen molar-refractivity contribution in [1.29, 1.82) is 0 Å². The van der Waals surface area contributed by atoms with E-state index in [1.165, 1.54) is 17.9 Å². The monoisotopic (exact) mass is 207 g/mol. The second kappa shape index (κ2) is 3.61. The van der Waals surface area contributed by atoms with Crippen LogP contribution in [-0.2, 0) is 0 Å². The Labute approximate surface area is 86.1 Å². The van der Waals surface area contributed by atoms with Crippen molar-refractivity contribution in [3.05, 3.63) is 36.3 Å². The highest BCUT2D eigenvalue weighted by Crippen LogP contribution is 2.19. The van der Waals surface area contributed by atoms with Crippen LogP contribution in [0.2, 0.25) is 0 Å². The normalized spacial score (nSPS) is 10.3. The van der Waals surface area contributed by atoms with Gasteiger partial charge in [0.1, 0.15) is 5.82 Å². The molecular weight excluding hydrogens is 197 g/mol. The van der Waals surface area contributed by atoms with Gasteiger partial charge < -0.3 is 10.5 Å². The average Bonchev–Trinajstić information content (AvgIpc) is 2.65. The molecule has 0 amide bonds. The highest BCUT2D eigenvalue weighted by molar-refractivity contribution is 5.39. The predicted octanol–water partition coefficient (Wildman–Crippen LogP) is 1.60. The molecular formula is C10H10FN3O. The maximum Gasteiger partial charge on any atom is 0.167 e. The average molecular weight is 207 g/mol. The lowest BCUT2D eigenvalue weighted by atomic mass is 10.3. The van der Waals surface area contributed by atoms with E-state index in [0.29, 0.717) is 11.5 Å². The standard InChI is InChI=1S/C10H10FN3O/c1-15-9-3-2-7(6-8(9)11)14-5-4-10(12)13-14/h2-6H,1H3,(H2,12,13). The molecule has 0 saturated carbocycles. The van der Waals surface area contributed by atoms with Crippen molar-refractivity contribution in [2.24, 2.45) is 0 Å². The Morgan fingerprint density at radius 3 is 2.73 bits per heavy atom. The molecule has 0 aliphatic heterocycles. The fraction of sp³-hybridized carbons (Fsp3) is 0.100. The number of rotatable bonds is 2. The largest absolute Gasteiger partial charge is 0.494 e. The summed E-state index contributed by atoms with van der Waals surface area (Å²) in [5.41, 5.74) is 6.06. The molecule has 78 valence electrons. The van der Waals surface area contributed by atoms with Gasteiger partial charge in [0.2, 0.25) is 0 Å². The number of hydrogen-bond acceptors (Lipinski definition) is 3. The van der Waals surface area contributed by atoms with Crippen molar-refractivity contribution in [3.8, 4) is 11.4 Å². The molecule has 2 aromatic rings. The van der Waals surface area contributed by atoms with Crippen LogP contribution in [0.5, 0.6) is 5.75 Å². The molecule has 0 radical (unpaired) electrons. The van der Waals surface area contributed by atoms with Gasteiger partial charge in [-0.2, -0.15) is 5.10 Å². The van der Waals surface area contributed by atoms with Gasteiger partial charge in [-0.1, -0.05) is 0 Å². The molecule has 0 atom stereocenters. The minimum atomic E-state index is -0.427. The number of nitrogens with two attached hydrogens (primary N) is 1. The number of anilines is 1. The first-order valence-corrected chi connectivity index (χ1v) is 4.36. The van der Waals surface area contributed by atoms with E-state index in [0.717, 1.165) is 0 Å². The Morgan fingerprint density at radius 1 is 1.40 bits per heavy atom. The van der Waals surface area contributed by atoms with Gasteiger partial charge in [0.15, 0.2) is 11.6 Å². The fourth-order valence-corrected chi connectivity index (χ4v) is 1.28. The number of nitrogen functional groups attached to an aromatic ring is 1. The Balaban J connectivity index is 2.42. The van der Waals surface area contributed by atoms with Gasteiger partial charge in [0.25, 0.3) is 0 Å². The first-order valence-electron chi connectivity index (χ1n) is 4.36. The molecule has 0 aliphatic rings. The number of methoxy groups -OCH3 is 1. The van der Waals surface area contributed by atoms with Crippen LogP contribution in [-0.4, -0.2) is 16.9 Å². The van der Waals surface area contributed by atoms with Crippen molar-refractivity contribution in [2.45, 2.75) is 0 Å². The minimum Gasteiger partial charge on any atom is -0.494 e. The Kier molecular flexibility index (Phi) is 2.29. The third-order valence-electron chi connectivity index (χ3n) is 2.01. The highest BCUT2D eigenvalue weighted by atomic mass is 19.1. The summed E-state index contributed by atoms with van der Waals surface area (Å²) in [6.45, 7) is 0. The van der Waals surface area contributed by atoms with E-state index in [2.05, 4.69) is 5.10 Å². The van der Waals surface area contributed by atoms with Crippen LogP contribution in [0, 0.1) is 5.82 Å². The first kappa shape index (κ1) is 9.51. The van der Waals surface area contributed by atoms with E-state index in [1.807, 2.05) is 0 Å². The second-order valence-electron chi connectivity index (χ2n) is 3.00. The molecule has 0 saturated heterocycles. The van der Waals surface area contributed by atoms with Crippen molar-refractivity contribution in [1.82, 2.24) is 9.78 Å². The SMILES string of the molecule is COc1ccc(-n2ccc(N)n2)cc1F. The summed E-state index contributed by atoms with van der Waals surface area (Å²) in [6, 6.07) is 6.23. The quantitative estimate of drug-likeness (QED) is 0.813. The predicted molar refractivity (Wildman–Crippen MR) is 54.5 cm³/mol. The number of ether oxygens (including phenoxy) is 1. The smallest absolute Gasteiger partial charge is 0.167 e. The molecule has 5 heteroatoms. The molecule has 0 unspecified atom stereocenters. The molecule has 0 bridgehead atoms. The van der Waals surface area contributed by atoms with E-state index in [-0.39, 0.29) is 5.75 Å². The van der Waals surface area contributed by atoms with Crippen LogP contribution >= 0.6 is 0 Å². The Bertz CT molecular complexity index is 481. The zero-order valence-electron chi connectivity index (χ0n) is 8.14. The van der Waals surface area contributed by atoms with E-state index >= 15 is 0 Å². The van der Waals surface area contributed by atoms with Crippen LogP contribution < -0.4 is 10.5 Å². The van der Waals surface area contributed by atoms with Gasteiger partial charge in [0, 0.05) is 18.3 Å². The molecule has 15 heavy (non-hydrogen) atoms. The van der Waals surface area contributed by atoms with Gasteiger partial charge in [-0.15, -0.1) is 0 Å². The van der Waals surface area contributed by atoms with Crippen LogP contribution in [0.1, 0.15) is 0 Å². The molecule has 1 aromatic carbocycles. The Hall–Kier alpha value is -2.04. The van der Waals surface area contributed by atoms with Crippen molar-refractivity contribution >= 4 is 5.82 Å². The molecule has 2 N–H and O–H groups in total. The minimum absolute atomic E-state index is 0.207.